The highest BCUT2D eigenvalue weighted by molar-refractivity contribution is 5.76. The van der Waals surface area contributed by atoms with Crippen LogP contribution in [0.5, 0.6) is 5.75 Å². The van der Waals surface area contributed by atoms with E-state index in [0.29, 0.717) is 31.9 Å². The van der Waals surface area contributed by atoms with Gasteiger partial charge in [-0.2, -0.15) is 0 Å². The SMILES string of the molecule is COc1cc(CCCCO[C@@H]2CCN(C(C(=O)O)c3cc(F)ccc3C3CCCCO3)C2)nc2c1CCCN2. The van der Waals surface area contributed by atoms with Crippen molar-refractivity contribution in [2.75, 3.05) is 45.3 Å². The molecule has 39 heavy (non-hydrogen) atoms. The summed E-state index contributed by atoms with van der Waals surface area (Å²) < 4.78 is 32.0. The van der Waals surface area contributed by atoms with Crippen LogP contribution in [0, 0.1) is 5.82 Å². The highest BCUT2D eigenvalue weighted by Crippen LogP contribution is 2.37. The molecular weight excluding hydrogens is 501 g/mol. The second kappa shape index (κ2) is 13.1. The maximum absolute atomic E-state index is 14.3. The number of methoxy groups -OCH3 is 1. The number of hydrogen-bond acceptors (Lipinski definition) is 7. The summed E-state index contributed by atoms with van der Waals surface area (Å²) >= 11 is 0. The zero-order chi connectivity index (χ0) is 27.2. The van der Waals surface area contributed by atoms with Crippen LogP contribution in [-0.4, -0.2) is 67.0 Å². The third kappa shape index (κ3) is 6.70. The van der Waals surface area contributed by atoms with E-state index in [9.17, 15) is 14.3 Å². The predicted molar refractivity (Wildman–Crippen MR) is 146 cm³/mol. The van der Waals surface area contributed by atoms with Gasteiger partial charge in [0.25, 0.3) is 0 Å². The number of aryl methyl sites for hydroxylation is 1. The van der Waals surface area contributed by atoms with Crippen LogP contribution in [0.4, 0.5) is 10.2 Å². The molecule has 0 saturated carbocycles. The second-order valence-electron chi connectivity index (χ2n) is 10.8. The van der Waals surface area contributed by atoms with Gasteiger partial charge in [-0.05, 0) is 81.0 Å². The first-order chi connectivity index (χ1) is 19.0. The molecule has 4 heterocycles. The smallest absolute Gasteiger partial charge is 0.325 e. The third-order valence-corrected chi connectivity index (χ3v) is 8.08. The molecule has 0 bridgehead atoms. The molecule has 212 valence electrons. The number of fused-ring (bicyclic) bond motifs is 1. The van der Waals surface area contributed by atoms with Crippen molar-refractivity contribution in [3.8, 4) is 5.75 Å². The number of benzene rings is 1. The van der Waals surface area contributed by atoms with Crippen molar-refractivity contribution in [3.05, 3.63) is 52.5 Å². The van der Waals surface area contributed by atoms with Crippen LogP contribution in [0.15, 0.2) is 24.3 Å². The summed E-state index contributed by atoms with van der Waals surface area (Å²) in [6.07, 6.45) is 8.11. The van der Waals surface area contributed by atoms with Gasteiger partial charge in [-0.3, -0.25) is 9.69 Å². The first-order valence-electron chi connectivity index (χ1n) is 14.3. The Balaban J connectivity index is 1.14. The van der Waals surface area contributed by atoms with Crippen molar-refractivity contribution in [1.82, 2.24) is 9.88 Å². The summed E-state index contributed by atoms with van der Waals surface area (Å²) in [6.45, 7) is 3.29. The third-order valence-electron chi connectivity index (χ3n) is 8.08. The lowest BCUT2D eigenvalue weighted by molar-refractivity contribution is -0.143. The largest absolute Gasteiger partial charge is 0.496 e. The van der Waals surface area contributed by atoms with Gasteiger partial charge in [0.05, 0.1) is 19.3 Å². The molecule has 0 spiro atoms. The van der Waals surface area contributed by atoms with Crippen LogP contribution < -0.4 is 10.1 Å². The van der Waals surface area contributed by atoms with E-state index in [1.807, 2.05) is 11.0 Å². The highest BCUT2D eigenvalue weighted by Gasteiger charge is 2.36. The quantitative estimate of drug-likeness (QED) is 0.381. The summed E-state index contributed by atoms with van der Waals surface area (Å²) in [4.78, 5) is 19.1. The number of carboxylic acid groups (broad SMARTS) is 1. The van der Waals surface area contributed by atoms with Crippen molar-refractivity contribution in [2.24, 2.45) is 0 Å². The van der Waals surface area contributed by atoms with Gasteiger partial charge in [0, 0.05) is 50.2 Å². The Morgan fingerprint density at radius 1 is 1.26 bits per heavy atom. The molecule has 5 rings (SSSR count). The maximum Gasteiger partial charge on any atom is 0.325 e. The van der Waals surface area contributed by atoms with Gasteiger partial charge in [-0.25, -0.2) is 9.37 Å². The van der Waals surface area contributed by atoms with Crippen LogP contribution in [-0.2, 0) is 27.1 Å². The Hall–Kier alpha value is -2.75. The number of anilines is 1. The van der Waals surface area contributed by atoms with Crippen LogP contribution in [0.1, 0.15) is 79.5 Å². The average Bonchev–Trinajstić information content (AvgIpc) is 3.41. The number of halogens is 1. The average molecular weight is 542 g/mol. The minimum absolute atomic E-state index is 0.0408. The lowest BCUT2D eigenvalue weighted by Crippen LogP contribution is -2.34. The zero-order valence-corrected chi connectivity index (χ0v) is 22.8. The number of carboxylic acids is 1. The molecule has 2 fully saturated rings. The van der Waals surface area contributed by atoms with E-state index in [0.717, 1.165) is 92.7 Å². The van der Waals surface area contributed by atoms with Crippen LogP contribution >= 0.6 is 0 Å². The van der Waals surface area contributed by atoms with Gasteiger partial charge in [-0.1, -0.05) is 6.07 Å². The maximum atomic E-state index is 14.3. The lowest BCUT2D eigenvalue weighted by atomic mass is 9.92. The first-order valence-corrected chi connectivity index (χ1v) is 14.3. The monoisotopic (exact) mass is 541 g/mol. The van der Waals surface area contributed by atoms with Gasteiger partial charge in [-0.15, -0.1) is 0 Å². The standard InChI is InChI=1S/C30H40FN3O5/c1-37-27-18-21(33-29-24(27)8-6-13-32-29)7-2-4-15-38-22-12-14-34(19-22)28(30(35)36)25-17-20(31)10-11-23(25)26-9-3-5-16-39-26/h10-11,17-18,22,26,28H,2-9,12-16,19H2,1H3,(H,32,33)(H,35,36)/t22-,26?,28?/m1/s1. The van der Waals surface area contributed by atoms with Gasteiger partial charge in [0.15, 0.2) is 0 Å². The predicted octanol–water partition coefficient (Wildman–Crippen LogP) is 5.07. The summed E-state index contributed by atoms with van der Waals surface area (Å²) in [6, 6.07) is 5.60. The molecule has 0 aliphatic carbocycles. The topological polar surface area (TPSA) is 93.2 Å². The van der Waals surface area contributed by atoms with E-state index < -0.39 is 17.8 Å². The van der Waals surface area contributed by atoms with Crippen LogP contribution in [0.25, 0.3) is 0 Å². The number of nitrogens with zero attached hydrogens (tertiary/aromatic N) is 2. The number of hydrogen-bond donors (Lipinski definition) is 2. The van der Waals surface area contributed by atoms with Gasteiger partial charge in [0.2, 0.25) is 0 Å². The zero-order valence-electron chi connectivity index (χ0n) is 22.8. The molecule has 2 N–H and O–H groups in total. The van der Waals surface area contributed by atoms with Gasteiger partial charge in [0.1, 0.15) is 23.4 Å². The number of likely N-dealkylation sites (tertiary alicyclic amines) is 1. The Bertz CT molecular complexity index is 1120. The second-order valence-corrected chi connectivity index (χ2v) is 10.8. The minimum atomic E-state index is -0.972. The molecule has 2 saturated heterocycles. The normalized spacial score (nSPS) is 22.2. The highest BCUT2D eigenvalue weighted by atomic mass is 19.1. The fraction of sp³-hybridized carbons (Fsp3) is 0.600. The van der Waals surface area contributed by atoms with Gasteiger partial charge < -0.3 is 24.6 Å². The van der Waals surface area contributed by atoms with Crippen molar-refractivity contribution in [3.63, 3.8) is 0 Å². The molecule has 2 aromatic rings. The fourth-order valence-electron chi connectivity index (χ4n) is 6.10. The first kappa shape index (κ1) is 27.8. The fourth-order valence-corrected chi connectivity index (χ4v) is 6.10. The number of aliphatic carboxylic acids is 1. The molecule has 3 atom stereocenters. The molecular formula is C30H40FN3O5. The van der Waals surface area contributed by atoms with Crippen molar-refractivity contribution < 1.29 is 28.5 Å². The minimum Gasteiger partial charge on any atom is -0.496 e. The van der Waals surface area contributed by atoms with E-state index >= 15 is 0 Å². The summed E-state index contributed by atoms with van der Waals surface area (Å²) in [5.74, 6) is 0.460. The van der Waals surface area contributed by atoms with Crippen molar-refractivity contribution in [1.29, 1.82) is 0 Å². The molecule has 9 heteroatoms. The number of ether oxygens (including phenoxy) is 3. The number of nitrogens with one attached hydrogen (secondary N) is 1. The number of rotatable bonds is 11. The molecule has 2 unspecified atom stereocenters. The van der Waals surface area contributed by atoms with E-state index in [-0.39, 0.29) is 12.2 Å². The molecule has 1 aromatic carbocycles. The van der Waals surface area contributed by atoms with E-state index in [4.69, 9.17) is 19.2 Å². The number of unbranched alkanes of at least 4 members (excludes halogenated alkanes) is 1. The van der Waals surface area contributed by atoms with Gasteiger partial charge >= 0.3 is 5.97 Å². The number of carbonyl (C=O) groups is 1. The van der Waals surface area contributed by atoms with E-state index in [1.54, 1.807) is 13.2 Å². The summed E-state index contributed by atoms with van der Waals surface area (Å²) in [7, 11) is 1.71. The van der Waals surface area contributed by atoms with Crippen LogP contribution in [0.3, 0.4) is 0 Å². The van der Waals surface area contributed by atoms with Crippen molar-refractivity contribution in [2.45, 2.75) is 76.0 Å². The summed E-state index contributed by atoms with van der Waals surface area (Å²) in [5, 5.41) is 13.6. The van der Waals surface area contributed by atoms with E-state index in [1.165, 1.54) is 12.1 Å². The lowest BCUT2D eigenvalue weighted by Gasteiger charge is -2.30. The number of pyridine rings is 1. The molecule has 0 amide bonds. The Morgan fingerprint density at radius 3 is 2.95 bits per heavy atom. The molecule has 0 radical (unpaired) electrons. The molecule has 3 aliphatic heterocycles. The Kier molecular flexibility index (Phi) is 9.32. The van der Waals surface area contributed by atoms with Crippen molar-refractivity contribution >= 4 is 11.8 Å². The Labute approximate surface area is 229 Å². The summed E-state index contributed by atoms with van der Waals surface area (Å²) in [5.41, 5.74) is 3.47. The Morgan fingerprint density at radius 2 is 2.15 bits per heavy atom. The molecule has 8 nitrogen and oxygen atoms in total. The number of aromatic nitrogens is 1. The molecule has 3 aliphatic rings. The van der Waals surface area contributed by atoms with Crippen LogP contribution in [0.2, 0.25) is 0 Å². The molecule has 1 aromatic heterocycles. The van der Waals surface area contributed by atoms with E-state index in [2.05, 4.69) is 5.32 Å².